The van der Waals surface area contributed by atoms with Gasteiger partial charge in [-0.3, -0.25) is 19.7 Å². The molecule has 0 aliphatic heterocycles. The van der Waals surface area contributed by atoms with Crippen molar-refractivity contribution in [1.29, 1.82) is 0 Å². The van der Waals surface area contributed by atoms with Crippen molar-refractivity contribution < 1.29 is 24.0 Å². The Morgan fingerprint density at radius 3 is 2.74 bits per heavy atom. The fourth-order valence-electron chi connectivity index (χ4n) is 3.17. The van der Waals surface area contributed by atoms with Crippen molar-refractivity contribution in [3.8, 4) is 0 Å². The summed E-state index contributed by atoms with van der Waals surface area (Å²) >= 11 is 1.26. The van der Waals surface area contributed by atoms with Gasteiger partial charge in [0.1, 0.15) is 5.00 Å². The molecule has 0 spiro atoms. The minimum absolute atomic E-state index is 0.117. The van der Waals surface area contributed by atoms with Crippen molar-refractivity contribution in [2.24, 2.45) is 5.10 Å². The van der Waals surface area contributed by atoms with E-state index in [2.05, 4.69) is 15.8 Å². The molecule has 2 aromatic rings. The van der Waals surface area contributed by atoms with E-state index in [1.807, 2.05) is 0 Å². The van der Waals surface area contributed by atoms with E-state index in [1.54, 1.807) is 19.9 Å². The maximum absolute atomic E-state index is 12.3. The SMILES string of the molecule is CCOC(=O)c1c(NC(=O)C(=O)NN=C(C)c2cccc([N+](=O)[O-])c2)sc2c1CCC2. The molecule has 3 rings (SSSR count). The summed E-state index contributed by atoms with van der Waals surface area (Å²) in [4.78, 5) is 48.2. The number of esters is 1. The molecule has 1 aliphatic rings. The number of anilines is 1. The Morgan fingerprint density at radius 2 is 2.03 bits per heavy atom. The Hall–Kier alpha value is -3.60. The number of thiophene rings is 1. The zero-order valence-electron chi connectivity index (χ0n) is 16.9. The van der Waals surface area contributed by atoms with Crippen LogP contribution >= 0.6 is 11.3 Å². The maximum atomic E-state index is 12.3. The van der Waals surface area contributed by atoms with E-state index in [4.69, 9.17) is 4.74 Å². The zero-order chi connectivity index (χ0) is 22.5. The molecule has 0 bridgehead atoms. The van der Waals surface area contributed by atoms with Crippen molar-refractivity contribution >= 4 is 45.5 Å². The molecular formula is C20H20N4O6S. The molecule has 0 saturated carbocycles. The number of nitrogens with zero attached hydrogens (tertiary/aromatic N) is 2. The lowest BCUT2D eigenvalue weighted by atomic mass is 10.1. The van der Waals surface area contributed by atoms with Crippen LogP contribution in [0.15, 0.2) is 29.4 Å². The van der Waals surface area contributed by atoms with E-state index in [9.17, 15) is 24.5 Å². The molecule has 1 heterocycles. The monoisotopic (exact) mass is 444 g/mol. The summed E-state index contributed by atoms with van der Waals surface area (Å²) in [6.45, 7) is 3.43. The number of fused-ring (bicyclic) bond motifs is 1. The molecule has 2 N–H and O–H groups in total. The van der Waals surface area contributed by atoms with E-state index < -0.39 is 22.7 Å². The van der Waals surface area contributed by atoms with Gasteiger partial charge in [0.2, 0.25) is 0 Å². The van der Waals surface area contributed by atoms with Gasteiger partial charge in [0.25, 0.3) is 5.69 Å². The van der Waals surface area contributed by atoms with Crippen LogP contribution in [0.3, 0.4) is 0 Å². The molecule has 11 heteroatoms. The smallest absolute Gasteiger partial charge is 0.341 e. The number of carbonyl (C=O) groups excluding carboxylic acids is 3. The third-order valence-electron chi connectivity index (χ3n) is 4.63. The molecule has 31 heavy (non-hydrogen) atoms. The first-order valence-electron chi connectivity index (χ1n) is 9.53. The second kappa shape index (κ2) is 9.47. The summed E-state index contributed by atoms with van der Waals surface area (Å²) in [7, 11) is 0. The fraction of sp³-hybridized carbons (Fsp3) is 0.300. The summed E-state index contributed by atoms with van der Waals surface area (Å²) in [6.07, 6.45) is 2.45. The van der Waals surface area contributed by atoms with Crippen LogP contribution in [0.1, 0.15) is 46.6 Å². The van der Waals surface area contributed by atoms with Gasteiger partial charge >= 0.3 is 17.8 Å². The molecule has 0 unspecified atom stereocenters. The van der Waals surface area contributed by atoms with Crippen molar-refractivity contribution in [1.82, 2.24) is 5.43 Å². The summed E-state index contributed by atoms with van der Waals surface area (Å²) < 4.78 is 5.09. The number of hydrazone groups is 1. The van der Waals surface area contributed by atoms with Crippen molar-refractivity contribution in [2.45, 2.75) is 33.1 Å². The number of rotatable bonds is 6. The van der Waals surface area contributed by atoms with Crippen molar-refractivity contribution in [2.75, 3.05) is 11.9 Å². The average molecular weight is 444 g/mol. The third-order valence-corrected chi connectivity index (χ3v) is 5.84. The summed E-state index contributed by atoms with van der Waals surface area (Å²) in [5, 5.41) is 17.5. The van der Waals surface area contributed by atoms with Crippen LogP contribution in [-0.2, 0) is 27.2 Å². The number of amides is 2. The number of aryl methyl sites for hydroxylation is 1. The Balaban J connectivity index is 1.71. The summed E-state index contributed by atoms with van der Waals surface area (Å²) in [5.41, 5.74) is 3.88. The molecule has 2 amide bonds. The third kappa shape index (κ3) is 4.94. The molecule has 1 aromatic carbocycles. The summed E-state index contributed by atoms with van der Waals surface area (Å²) in [5.74, 6) is -2.55. The Bertz CT molecular complexity index is 1090. The Kier molecular flexibility index (Phi) is 6.75. The molecule has 0 atom stereocenters. The first-order valence-corrected chi connectivity index (χ1v) is 10.4. The molecule has 0 fully saturated rings. The van der Waals surface area contributed by atoms with Gasteiger partial charge in [0.15, 0.2) is 0 Å². The lowest BCUT2D eigenvalue weighted by Gasteiger charge is -2.07. The second-order valence-corrected chi connectivity index (χ2v) is 7.79. The highest BCUT2D eigenvalue weighted by molar-refractivity contribution is 7.17. The van der Waals surface area contributed by atoms with E-state index in [0.717, 1.165) is 29.7 Å². The lowest BCUT2D eigenvalue weighted by molar-refractivity contribution is -0.384. The highest BCUT2D eigenvalue weighted by Crippen LogP contribution is 2.39. The zero-order valence-corrected chi connectivity index (χ0v) is 17.7. The first kappa shape index (κ1) is 22.1. The van der Waals surface area contributed by atoms with Gasteiger partial charge in [-0.25, -0.2) is 10.2 Å². The van der Waals surface area contributed by atoms with Gasteiger partial charge in [0, 0.05) is 22.6 Å². The summed E-state index contributed by atoms with van der Waals surface area (Å²) in [6, 6.07) is 5.73. The van der Waals surface area contributed by atoms with E-state index >= 15 is 0 Å². The van der Waals surface area contributed by atoms with Gasteiger partial charge in [-0.15, -0.1) is 11.3 Å². The number of hydrogen-bond donors (Lipinski definition) is 2. The lowest BCUT2D eigenvalue weighted by Crippen LogP contribution is -2.33. The quantitative estimate of drug-likeness (QED) is 0.231. The number of nitro benzene ring substituents is 1. The standard InChI is InChI=1S/C20H20N4O6S/c1-3-30-20(27)16-14-8-5-9-15(14)31-19(16)21-17(25)18(26)23-22-11(2)12-6-4-7-13(10-12)24(28)29/h4,6-7,10H,3,5,8-9H2,1-2H3,(H,21,25)(H,23,26). The molecule has 10 nitrogen and oxygen atoms in total. The predicted octanol–water partition coefficient (Wildman–Crippen LogP) is 2.80. The number of ether oxygens (including phenoxy) is 1. The van der Waals surface area contributed by atoms with Crippen LogP contribution in [0.2, 0.25) is 0 Å². The van der Waals surface area contributed by atoms with Crippen LogP contribution in [0.25, 0.3) is 0 Å². The topological polar surface area (TPSA) is 140 Å². The molecule has 1 aromatic heterocycles. The number of nitrogens with one attached hydrogen (secondary N) is 2. The van der Waals surface area contributed by atoms with E-state index in [0.29, 0.717) is 11.1 Å². The second-order valence-electron chi connectivity index (χ2n) is 6.68. The number of benzene rings is 1. The van der Waals surface area contributed by atoms with Crippen LogP contribution in [0.4, 0.5) is 10.7 Å². The van der Waals surface area contributed by atoms with Gasteiger partial charge in [-0.1, -0.05) is 12.1 Å². The van der Waals surface area contributed by atoms with Crippen molar-refractivity contribution in [3.05, 3.63) is 55.9 Å². The number of hydrogen-bond acceptors (Lipinski definition) is 8. The van der Waals surface area contributed by atoms with E-state index in [-0.39, 0.29) is 23.0 Å². The van der Waals surface area contributed by atoms with Crippen LogP contribution < -0.4 is 10.7 Å². The van der Waals surface area contributed by atoms with Crippen molar-refractivity contribution in [3.63, 3.8) is 0 Å². The van der Waals surface area contributed by atoms with Gasteiger partial charge in [0.05, 0.1) is 22.8 Å². The normalized spacial score (nSPS) is 12.8. The molecule has 1 aliphatic carbocycles. The molecule has 162 valence electrons. The number of non-ortho nitro benzene ring substituents is 1. The molecule has 0 saturated heterocycles. The minimum Gasteiger partial charge on any atom is -0.462 e. The average Bonchev–Trinajstić information content (AvgIpc) is 3.32. The van der Waals surface area contributed by atoms with Gasteiger partial charge in [-0.2, -0.15) is 5.10 Å². The molecular weight excluding hydrogens is 424 g/mol. The van der Waals surface area contributed by atoms with E-state index in [1.165, 1.54) is 29.5 Å². The Morgan fingerprint density at radius 1 is 1.26 bits per heavy atom. The number of nitro groups is 1. The minimum atomic E-state index is -1.03. The van der Waals surface area contributed by atoms with Crippen LogP contribution in [-0.4, -0.2) is 35.0 Å². The van der Waals surface area contributed by atoms with Gasteiger partial charge < -0.3 is 10.1 Å². The number of carbonyl (C=O) groups is 3. The highest BCUT2D eigenvalue weighted by atomic mass is 32.1. The predicted molar refractivity (Wildman–Crippen MR) is 114 cm³/mol. The highest BCUT2D eigenvalue weighted by Gasteiger charge is 2.29. The first-order chi connectivity index (χ1) is 14.8. The Labute approximate surface area is 181 Å². The van der Waals surface area contributed by atoms with Crippen LogP contribution in [0, 0.1) is 10.1 Å². The fourth-order valence-corrected chi connectivity index (χ4v) is 4.44. The van der Waals surface area contributed by atoms with Gasteiger partial charge in [-0.05, 0) is 38.7 Å². The van der Waals surface area contributed by atoms with Crippen LogP contribution in [0.5, 0.6) is 0 Å². The molecule has 0 radical (unpaired) electrons. The largest absolute Gasteiger partial charge is 0.462 e. The maximum Gasteiger partial charge on any atom is 0.341 e.